The molecule has 254 valence electrons. The van der Waals surface area contributed by atoms with Gasteiger partial charge in [0.25, 0.3) is 0 Å². The van der Waals surface area contributed by atoms with Gasteiger partial charge in [-0.15, -0.1) is 0 Å². The zero-order chi connectivity index (χ0) is 35.6. The van der Waals surface area contributed by atoms with Gasteiger partial charge in [-0.25, -0.2) is 0 Å². The zero-order valence-electron chi connectivity index (χ0n) is 29.8. The van der Waals surface area contributed by atoms with Crippen molar-refractivity contribution in [3.8, 4) is 33.6 Å². The Kier molecular flexibility index (Phi) is 7.03. The van der Waals surface area contributed by atoms with Crippen LogP contribution in [0.1, 0.15) is 18.4 Å². The first-order valence-electron chi connectivity index (χ1n) is 18.9. The maximum Gasteiger partial charge on any atom is 0.0541 e. The molecule has 0 N–H and O–H groups in total. The van der Waals surface area contributed by atoms with Crippen LogP contribution in [0.3, 0.4) is 0 Å². The Bertz CT molecular complexity index is 3150. The first-order valence-corrected chi connectivity index (χ1v) is 18.9. The minimum atomic E-state index is 1.09. The number of allylic oxidation sites excluding steroid dienone is 4. The Morgan fingerprint density at radius 2 is 0.926 bits per heavy atom. The summed E-state index contributed by atoms with van der Waals surface area (Å²) >= 11 is 0. The van der Waals surface area contributed by atoms with Crippen molar-refractivity contribution >= 4 is 60.0 Å². The van der Waals surface area contributed by atoms with Crippen molar-refractivity contribution in [3.05, 3.63) is 200 Å². The third kappa shape index (κ3) is 4.95. The lowest BCUT2D eigenvalue weighted by Crippen LogP contribution is -1.94. The van der Waals surface area contributed by atoms with E-state index in [1.54, 1.807) is 0 Å². The van der Waals surface area contributed by atoms with E-state index in [4.69, 9.17) is 0 Å². The average Bonchev–Trinajstić information content (AvgIpc) is 3.76. The molecule has 2 heteroatoms. The van der Waals surface area contributed by atoms with E-state index in [9.17, 15) is 0 Å². The number of para-hydroxylation sites is 2. The molecule has 0 saturated carbocycles. The molecule has 10 aromatic rings. The molecule has 0 aliphatic heterocycles. The molecule has 8 aromatic carbocycles. The summed E-state index contributed by atoms with van der Waals surface area (Å²) in [6.45, 7) is 0. The van der Waals surface area contributed by atoms with Gasteiger partial charge in [-0.3, -0.25) is 0 Å². The van der Waals surface area contributed by atoms with E-state index >= 15 is 0 Å². The lowest BCUT2D eigenvalue weighted by atomic mass is 9.95. The van der Waals surface area contributed by atoms with Gasteiger partial charge in [0.2, 0.25) is 0 Å². The summed E-state index contributed by atoms with van der Waals surface area (Å²) in [5.41, 5.74) is 14.8. The topological polar surface area (TPSA) is 9.86 Å². The van der Waals surface area contributed by atoms with Gasteiger partial charge in [-0.2, -0.15) is 0 Å². The van der Waals surface area contributed by atoms with E-state index in [-0.39, 0.29) is 0 Å². The van der Waals surface area contributed by atoms with E-state index in [1.807, 2.05) is 0 Å². The minimum Gasteiger partial charge on any atom is -0.309 e. The van der Waals surface area contributed by atoms with Gasteiger partial charge >= 0.3 is 0 Å². The fourth-order valence-electron chi connectivity index (χ4n) is 8.73. The Labute approximate surface area is 314 Å². The number of aromatic nitrogens is 2. The molecule has 1 aliphatic carbocycles. The van der Waals surface area contributed by atoms with Crippen molar-refractivity contribution in [2.24, 2.45) is 0 Å². The fraction of sp³-hybridized carbons (Fsp3) is 0.0385. The number of rotatable bonds is 5. The monoisotopic (exact) mass is 688 g/mol. The van der Waals surface area contributed by atoms with Crippen LogP contribution in [0.2, 0.25) is 0 Å². The summed E-state index contributed by atoms with van der Waals surface area (Å²) in [4.78, 5) is 0. The van der Waals surface area contributed by atoms with Gasteiger partial charge in [0.1, 0.15) is 0 Å². The van der Waals surface area contributed by atoms with Crippen molar-refractivity contribution in [2.75, 3.05) is 0 Å². The Morgan fingerprint density at radius 1 is 0.352 bits per heavy atom. The second-order valence-electron chi connectivity index (χ2n) is 14.5. The first kappa shape index (κ1) is 30.7. The molecule has 2 nitrogen and oxygen atoms in total. The average molecular weight is 689 g/mol. The van der Waals surface area contributed by atoms with E-state index in [0.29, 0.717) is 0 Å². The molecule has 0 saturated heterocycles. The molecule has 0 amide bonds. The smallest absolute Gasteiger partial charge is 0.0541 e. The number of hydrogen-bond donors (Lipinski definition) is 0. The molecule has 1 aliphatic rings. The van der Waals surface area contributed by atoms with Gasteiger partial charge in [-0.1, -0.05) is 127 Å². The third-order valence-electron chi connectivity index (χ3n) is 11.4. The number of benzene rings is 8. The normalized spacial score (nSPS) is 13.1. The molecule has 0 atom stereocenters. The molecule has 0 radical (unpaired) electrons. The highest BCUT2D eigenvalue weighted by atomic mass is 15.0. The summed E-state index contributed by atoms with van der Waals surface area (Å²) in [6.07, 6.45) is 8.90. The van der Waals surface area contributed by atoms with Gasteiger partial charge in [0, 0.05) is 32.9 Å². The maximum absolute atomic E-state index is 2.43. The Balaban J connectivity index is 1.04. The molecule has 54 heavy (non-hydrogen) atoms. The molecule has 0 spiro atoms. The van der Waals surface area contributed by atoms with E-state index in [0.717, 1.165) is 18.5 Å². The van der Waals surface area contributed by atoms with Gasteiger partial charge in [0.05, 0.1) is 22.1 Å². The van der Waals surface area contributed by atoms with Crippen LogP contribution in [-0.4, -0.2) is 9.13 Å². The lowest BCUT2D eigenvalue weighted by molar-refractivity contribution is 1.05. The van der Waals surface area contributed by atoms with Gasteiger partial charge < -0.3 is 9.13 Å². The van der Waals surface area contributed by atoms with Crippen LogP contribution in [0, 0.1) is 0 Å². The van der Waals surface area contributed by atoms with Crippen LogP contribution in [0.25, 0.3) is 93.6 Å². The minimum absolute atomic E-state index is 1.09. The van der Waals surface area contributed by atoms with Crippen LogP contribution in [0.5, 0.6) is 0 Å². The van der Waals surface area contributed by atoms with Crippen molar-refractivity contribution in [1.29, 1.82) is 0 Å². The summed E-state index contributed by atoms with van der Waals surface area (Å²) in [6, 6.07) is 64.9. The first-order chi connectivity index (χ1) is 26.8. The predicted molar refractivity (Wildman–Crippen MR) is 230 cm³/mol. The SMILES string of the molecule is C1=CCCC(c2ccc3ccc(-n4c5ccccc5c5cc(-c6ccc7c(c6)c6ccccc6n7-c6cccc(-c7ccccc7)c6)ccc54)cc3c2)=C1. The summed E-state index contributed by atoms with van der Waals surface area (Å²) in [5.74, 6) is 0. The molecular weight excluding hydrogens is 653 g/mol. The van der Waals surface area contributed by atoms with Gasteiger partial charge in [-0.05, 0) is 124 Å². The predicted octanol–water partition coefficient (Wildman–Crippen LogP) is 14.1. The van der Waals surface area contributed by atoms with E-state index in [1.165, 1.54) is 93.5 Å². The van der Waals surface area contributed by atoms with Crippen molar-refractivity contribution < 1.29 is 0 Å². The maximum atomic E-state index is 2.43. The third-order valence-corrected chi connectivity index (χ3v) is 11.4. The second kappa shape index (κ2) is 12.4. The second-order valence-corrected chi connectivity index (χ2v) is 14.5. The number of nitrogens with zero attached hydrogens (tertiary/aromatic N) is 2. The molecular formula is C52H36N2. The molecule has 0 fully saturated rings. The Hall–Kier alpha value is -6.90. The molecule has 2 heterocycles. The lowest BCUT2D eigenvalue weighted by Gasteiger charge is -2.13. The highest BCUT2D eigenvalue weighted by Gasteiger charge is 2.17. The highest BCUT2D eigenvalue weighted by molar-refractivity contribution is 6.13. The Morgan fingerprint density at radius 3 is 1.61 bits per heavy atom. The summed E-state index contributed by atoms with van der Waals surface area (Å²) in [5, 5.41) is 7.56. The molecule has 0 bridgehead atoms. The quantitative estimate of drug-likeness (QED) is 0.170. The summed E-state index contributed by atoms with van der Waals surface area (Å²) < 4.78 is 4.84. The summed E-state index contributed by atoms with van der Waals surface area (Å²) in [7, 11) is 0. The van der Waals surface area contributed by atoms with Crippen LogP contribution >= 0.6 is 0 Å². The number of fused-ring (bicyclic) bond motifs is 7. The highest BCUT2D eigenvalue weighted by Crippen LogP contribution is 2.39. The van der Waals surface area contributed by atoms with Crippen molar-refractivity contribution in [1.82, 2.24) is 9.13 Å². The largest absolute Gasteiger partial charge is 0.309 e. The standard InChI is InChI=1S/C52H36N2/c1-3-12-35(13-4-1)38-16-11-17-43(31-38)53-49-20-9-7-18-45(49)47-33-40(25-28-51(47)53)41-26-29-52-48(34-41)46-19-8-10-21-50(46)54(52)44-27-24-37-22-23-39(30-42(37)32-44)36-14-5-2-6-15-36/h1-5,7-14,16-34H,6,15H2. The van der Waals surface area contributed by atoms with Gasteiger partial charge in [0.15, 0.2) is 0 Å². The van der Waals surface area contributed by atoms with Crippen LogP contribution in [-0.2, 0) is 0 Å². The van der Waals surface area contributed by atoms with E-state index in [2.05, 4.69) is 203 Å². The van der Waals surface area contributed by atoms with Crippen LogP contribution in [0.15, 0.2) is 194 Å². The molecule has 11 rings (SSSR count). The molecule has 2 aromatic heterocycles. The van der Waals surface area contributed by atoms with Crippen molar-refractivity contribution in [3.63, 3.8) is 0 Å². The zero-order valence-corrected chi connectivity index (χ0v) is 29.8. The molecule has 0 unspecified atom stereocenters. The number of hydrogen-bond acceptors (Lipinski definition) is 0. The van der Waals surface area contributed by atoms with Crippen LogP contribution < -0.4 is 0 Å². The van der Waals surface area contributed by atoms with Crippen molar-refractivity contribution in [2.45, 2.75) is 12.8 Å². The van der Waals surface area contributed by atoms with E-state index < -0.39 is 0 Å². The van der Waals surface area contributed by atoms with Crippen LogP contribution in [0.4, 0.5) is 0 Å². The fourth-order valence-corrected chi connectivity index (χ4v) is 8.73.